The molecule has 3 aromatic rings. The van der Waals surface area contributed by atoms with Gasteiger partial charge in [0.2, 0.25) is 5.91 Å². The monoisotopic (exact) mass is 374 g/mol. The van der Waals surface area contributed by atoms with Gasteiger partial charge in [-0.05, 0) is 42.8 Å². The summed E-state index contributed by atoms with van der Waals surface area (Å²) in [5.74, 6) is 1.52. The first-order valence-electron chi connectivity index (χ1n) is 9.36. The van der Waals surface area contributed by atoms with Crippen molar-refractivity contribution in [3.05, 3.63) is 72.2 Å². The maximum atomic E-state index is 12.3. The van der Waals surface area contributed by atoms with E-state index in [4.69, 9.17) is 4.42 Å². The Balaban J connectivity index is 1.36. The highest BCUT2D eigenvalue weighted by Crippen LogP contribution is 2.22. The molecule has 0 bridgehead atoms. The predicted molar refractivity (Wildman–Crippen MR) is 109 cm³/mol. The van der Waals surface area contributed by atoms with Crippen LogP contribution in [0.5, 0.6) is 0 Å². The lowest BCUT2D eigenvalue weighted by Crippen LogP contribution is -2.48. The largest absolute Gasteiger partial charge is 0.465 e. The lowest BCUT2D eigenvalue weighted by molar-refractivity contribution is -0.126. The number of hydrogen-bond donors (Lipinski definition) is 0. The van der Waals surface area contributed by atoms with Crippen LogP contribution in [-0.2, 0) is 4.79 Å². The normalized spacial score (nSPS) is 14.6. The summed E-state index contributed by atoms with van der Waals surface area (Å²) in [6.07, 6.45) is 4.85. The number of amides is 1. The Kier molecular flexibility index (Phi) is 5.19. The zero-order chi connectivity index (χ0) is 19.3. The Labute approximate surface area is 164 Å². The summed E-state index contributed by atoms with van der Waals surface area (Å²) in [6.45, 7) is 4.85. The average Bonchev–Trinajstić information content (AvgIpc) is 3.26. The van der Waals surface area contributed by atoms with Gasteiger partial charge in [-0.15, -0.1) is 10.2 Å². The molecular formula is C22H22N4O2. The van der Waals surface area contributed by atoms with Crippen molar-refractivity contribution in [2.45, 2.75) is 6.92 Å². The first-order chi connectivity index (χ1) is 13.7. The van der Waals surface area contributed by atoms with Crippen molar-refractivity contribution in [2.24, 2.45) is 0 Å². The predicted octanol–water partition coefficient (Wildman–Crippen LogP) is 3.41. The van der Waals surface area contributed by atoms with Crippen LogP contribution in [0, 0.1) is 6.92 Å². The number of hydrogen-bond acceptors (Lipinski definition) is 5. The van der Waals surface area contributed by atoms with E-state index in [0.29, 0.717) is 18.8 Å². The van der Waals surface area contributed by atoms with E-state index >= 15 is 0 Å². The lowest BCUT2D eigenvalue weighted by atomic mass is 10.1. The lowest BCUT2D eigenvalue weighted by Gasteiger charge is -2.34. The number of piperazine rings is 1. The zero-order valence-electron chi connectivity index (χ0n) is 15.8. The highest BCUT2D eigenvalue weighted by Gasteiger charge is 2.21. The summed E-state index contributed by atoms with van der Waals surface area (Å²) >= 11 is 0. The van der Waals surface area contributed by atoms with Gasteiger partial charge in [-0.25, -0.2) is 0 Å². The number of carbonyl (C=O) groups excluding carboxylic acids is 1. The minimum atomic E-state index is -0.00275. The van der Waals surface area contributed by atoms with Gasteiger partial charge >= 0.3 is 0 Å². The second-order valence-corrected chi connectivity index (χ2v) is 6.75. The summed E-state index contributed by atoms with van der Waals surface area (Å²) in [4.78, 5) is 16.3. The van der Waals surface area contributed by atoms with E-state index < -0.39 is 0 Å². The van der Waals surface area contributed by atoms with Gasteiger partial charge in [-0.2, -0.15) is 0 Å². The number of nitrogens with zero attached hydrogens (tertiary/aromatic N) is 4. The van der Waals surface area contributed by atoms with E-state index in [1.165, 1.54) is 5.56 Å². The van der Waals surface area contributed by atoms with Crippen LogP contribution < -0.4 is 4.90 Å². The summed E-state index contributed by atoms with van der Waals surface area (Å²) in [5, 5.41) is 8.81. The molecule has 4 rings (SSSR count). The molecule has 142 valence electrons. The molecule has 2 aromatic heterocycles. The van der Waals surface area contributed by atoms with Gasteiger partial charge < -0.3 is 14.2 Å². The average molecular weight is 374 g/mol. The number of furan rings is 1. The van der Waals surface area contributed by atoms with E-state index in [2.05, 4.69) is 34.2 Å². The van der Waals surface area contributed by atoms with Crippen LogP contribution >= 0.6 is 0 Å². The molecule has 0 saturated carbocycles. The molecule has 0 radical (unpaired) electrons. The Morgan fingerprint density at radius 2 is 1.82 bits per heavy atom. The van der Waals surface area contributed by atoms with Crippen LogP contribution in [0.15, 0.2) is 65.3 Å². The number of rotatable bonds is 4. The first-order valence-corrected chi connectivity index (χ1v) is 9.36. The van der Waals surface area contributed by atoms with Gasteiger partial charge in [-0.3, -0.25) is 4.79 Å². The zero-order valence-corrected chi connectivity index (χ0v) is 15.8. The maximum Gasteiger partial charge on any atom is 0.246 e. The first kappa shape index (κ1) is 18.0. The molecule has 28 heavy (non-hydrogen) atoms. The fourth-order valence-corrected chi connectivity index (χ4v) is 3.30. The molecule has 6 heteroatoms. The van der Waals surface area contributed by atoms with Crippen LogP contribution in [0.1, 0.15) is 11.3 Å². The van der Waals surface area contributed by atoms with E-state index in [9.17, 15) is 4.79 Å². The Hall–Kier alpha value is -3.41. The third kappa shape index (κ3) is 3.96. The molecule has 6 nitrogen and oxygen atoms in total. The van der Waals surface area contributed by atoms with Crippen molar-refractivity contribution >= 4 is 17.8 Å². The SMILES string of the molecule is Cc1ccccc1-c1ccc(N2CCN(C(=O)/C=C/c3ccco3)CC2)nn1. The quantitative estimate of drug-likeness (QED) is 0.655. The minimum absolute atomic E-state index is 0.00275. The van der Waals surface area contributed by atoms with Crippen LogP contribution in [0.3, 0.4) is 0 Å². The van der Waals surface area contributed by atoms with Crippen molar-refractivity contribution in [3.8, 4) is 11.3 Å². The Morgan fingerprint density at radius 3 is 2.50 bits per heavy atom. The van der Waals surface area contributed by atoms with E-state index in [0.717, 1.165) is 30.2 Å². The van der Waals surface area contributed by atoms with Gasteiger partial charge in [0.05, 0.1) is 12.0 Å². The summed E-state index contributed by atoms with van der Waals surface area (Å²) in [7, 11) is 0. The van der Waals surface area contributed by atoms with Crippen LogP contribution in [-0.4, -0.2) is 47.2 Å². The van der Waals surface area contributed by atoms with Gasteiger partial charge in [0.25, 0.3) is 0 Å². The molecule has 1 aromatic carbocycles. The Morgan fingerprint density at radius 1 is 1.00 bits per heavy atom. The summed E-state index contributed by atoms with van der Waals surface area (Å²) < 4.78 is 5.21. The molecule has 1 aliphatic heterocycles. The minimum Gasteiger partial charge on any atom is -0.465 e. The van der Waals surface area contributed by atoms with E-state index in [1.807, 2.05) is 35.2 Å². The number of anilines is 1. The van der Waals surface area contributed by atoms with Crippen molar-refractivity contribution in [2.75, 3.05) is 31.1 Å². The fourth-order valence-electron chi connectivity index (χ4n) is 3.30. The molecule has 0 aliphatic carbocycles. The molecule has 0 spiro atoms. The number of benzene rings is 1. The highest BCUT2D eigenvalue weighted by atomic mass is 16.3. The molecule has 1 fully saturated rings. The standard InChI is InChI=1S/C22H22N4O2/c1-17-5-2-3-7-19(17)20-9-10-21(24-23-20)25-12-14-26(15-13-25)22(27)11-8-18-6-4-16-28-18/h2-11,16H,12-15H2,1H3/b11-8+. The Bertz CT molecular complexity index is 956. The van der Waals surface area contributed by atoms with Gasteiger partial charge in [0.1, 0.15) is 5.76 Å². The number of carbonyl (C=O) groups is 1. The second kappa shape index (κ2) is 8.08. The van der Waals surface area contributed by atoms with Crippen molar-refractivity contribution in [3.63, 3.8) is 0 Å². The maximum absolute atomic E-state index is 12.3. The highest BCUT2D eigenvalue weighted by molar-refractivity contribution is 5.91. The number of aryl methyl sites for hydroxylation is 1. The molecule has 0 N–H and O–H groups in total. The van der Waals surface area contributed by atoms with Crippen molar-refractivity contribution in [1.29, 1.82) is 0 Å². The smallest absolute Gasteiger partial charge is 0.246 e. The molecule has 1 saturated heterocycles. The summed E-state index contributed by atoms with van der Waals surface area (Å²) in [5.41, 5.74) is 3.15. The topological polar surface area (TPSA) is 62.5 Å². The molecule has 0 unspecified atom stereocenters. The van der Waals surface area contributed by atoms with E-state index in [1.54, 1.807) is 24.5 Å². The van der Waals surface area contributed by atoms with Crippen molar-refractivity contribution < 1.29 is 9.21 Å². The molecule has 1 amide bonds. The molecule has 1 aliphatic rings. The van der Waals surface area contributed by atoms with Gasteiger partial charge in [0.15, 0.2) is 5.82 Å². The van der Waals surface area contributed by atoms with Crippen molar-refractivity contribution in [1.82, 2.24) is 15.1 Å². The van der Waals surface area contributed by atoms with Crippen LogP contribution in [0.4, 0.5) is 5.82 Å². The molecular weight excluding hydrogens is 352 g/mol. The molecule has 0 atom stereocenters. The fraction of sp³-hybridized carbons (Fsp3) is 0.227. The third-order valence-corrected chi connectivity index (χ3v) is 4.92. The summed E-state index contributed by atoms with van der Waals surface area (Å²) in [6, 6.07) is 15.8. The third-order valence-electron chi connectivity index (χ3n) is 4.92. The molecule has 3 heterocycles. The van der Waals surface area contributed by atoms with Crippen LogP contribution in [0.2, 0.25) is 0 Å². The van der Waals surface area contributed by atoms with Gasteiger partial charge in [0, 0.05) is 37.8 Å². The van der Waals surface area contributed by atoms with E-state index in [-0.39, 0.29) is 5.91 Å². The van der Waals surface area contributed by atoms with Gasteiger partial charge in [-0.1, -0.05) is 24.3 Å². The second-order valence-electron chi connectivity index (χ2n) is 6.75. The number of aromatic nitrogens is 2. The van der Waals surface area contributed by atoms with Crippen LogP contribution in [0.25, 0.3) is 17.3 Å².